The molecule has 0 amide bonds. The normalized spacial score (nSPS) is 10.0. The van der Waals surface area contributed by atoms with Crippen molar-refractivity contribution in [2.45, 2.75) is 6.42 Å². The van der Waals surface area contributed by atoms with E-state index in [2.05, 4.69) is 38.5 Å². The highest BCUT2D eigenvalue weighted by Crippen LogP contribution is 2.32. The molecule has 5 heteroatoms. The van der Waals surface area contributed by atoms with Gasteiger partial charge in [0.2, 0.25) is 0 Å². The molecule has 0 fully saturated rings. The Balaban J connectivity index is 2.33. The minimum absolute atomic E-state index is 0.156. The first-order valence-electron chi connectivity index (χ1n) is 5.38. The molecule has 19 heavy (non-hydrogen) atoms. The van der Waals surface area contributed by atoms with Gasteiger partial charge >= 0.3 is 0 Å². The Morgan fingerprint density at radius 2 is 2.11 bits per heavy atom. The fourth-order valence-electron chi connectivity index (χ4n) is 1.56. The number of hydrogen-bond acceptors (Lipinski definition) is 2. The van der Waals surface area contributed by atoms with Crippen molar-refractivity contribution < 1.29 is 9.13 Å². The summed E-state index contributed by atoms with van der Waals surface area (Å²) in [6, 6.07) is 11.9. The van der Waals surface area contributed by atoms with E-state index in [-0.39, 0.29) is 6.42 Å². The van der Waals surface area contributed by atoms with Crippen molar-refractivity contribution in [1.29, 1.82) is 5.26 Å². The Morgan fingerprint density at radius 3 is 2.84 bits per heavy atom. The van der Waals surface area contributed by atoms with Gasteiger partial charge in [0.05, 0.1) is 16.1 Å². The van der Waals surface area contributed by atoms with Crippen molar-refractivity contribution in [3.63, 3.8) is 0 Å². The van der Waals surface area contributed by atoms with Gasteiger partial charge in [0, 0.05) is 10.5 Å². The summed E-state index contributed by atoms with van der Waals surface area (Å²) in [7, 11) is 0. The zero-order valence-corrected chi connectivity index (χ0v) is 13.4. The fraction of sp³-hybridized carbons (Fsp3) is 0.0714. The Bertz CT molecular complexity index is 654. The monoisotopic (exact) mass is 431 g/mol. The van der Waals surface area contributed by atoms with Crippen molar-refractivity contribution in [3.8, 4) is 17.6 Å². The van der Waals surface area contributed by atoms with Gasteiger partial charge in [-0.3, -0.25) is 0 Å². The molecule has 0 bridgehead atoms. The van der Waals surface area contributed by atoms with E-state index >= 15 is 0 Å². The lowest BCUT2D eigenvalue weighted by Gasteiger charge is -2.10. The van der Waals surface area contributed by atoms with Gasteiger partial charge in [-0.05, 0) is 68.3 Å². The van der Waals surface area contributed by atoms with Crippen molar-refractivity contribution >= 4 is 38.5 Å². The quantitative estimate of drug-likeness (QED) is 0.637. The first kappa shape index (κ1) is 14.3. The van der Waals surface area contributed by atoms with Crippen LogP contribution >= 0.6 is 38.5 Å². The molecule has 2 aromatic carbocycles. The molecular formula is C14H8BrFINO. The third kappa shape index (κ3) is 3.67. The van der Waals surface area contributed by atoms with Crippen LogP contribution in [-0.2, 0) is 6.42 Å². The molecule has 0 N–H and O–H groups in total. The maximum Gasteiger partial charge on any atom is 0.141 e. The lowest BCUT2D eigenvalue weighted by atomic mass is 10.1. The number of nitrogens with zero attached hydrogens (tertiary/aromatic N) is 1. The summed E-state index contributed by atoms with van der Waals surface area (Å²) in [5, 5.41) is 8.65. The van der Waals surface area contributed by atoms with Crippen molar-refractivity contribution in [2.24, 2.45) is 0 Å². The summed E-state index contributed by atoms with van der Waals surface area (Å²) in [5.41, 5.74) is 0.600. The van der Waals surface area contributed by atoms with Crippen LogP contribution in [0.3, 0.4) is 0 Å². The predicted octanol–water partition coefficient (Wildman–Crippen LogP) is 5.05. The first-order valence-corrected chi connectivity index (χ1v) is 7.25. The van der Waals surface area contributed by atoms with Crippen LogP contribution in [-0.4, -0.2) is 0 Å². The van der Waals surface area contributed by atoms with Crippen molar-refractivity contribution in [1.82, 2.24) is 0 Å². The van der Waals surface area contributed by atoms with E-state index < -0.39 is 5.82 Å². The van der Waals surface area contributed by atoms with Crippen LogP contribution in [0, 0.1) is 20.7 Å². The van der Waals surface area contributed by atoms with Gasteiger partial charge in [0.25, 0.3) is 0 Å². The minimum Gasteiger partial charge on any atom is -0.456 e. The third-order valence-corrected chi connectivity index (χ3v) is 4.87. The molecule has 2 aromatic rings. The summed E-state index contributed by atoms with van der Waals surface area (Å²) in [5.74, 6) is 0.623. The number of halogens is 3. The molecule has 0 aliphatic rings. The van der Waals surface area contributed by atoms with Gasteiger partial charge in [0.15, 0.2) is 0 Å². The van der Waals surface area contributed by atoms with Crippen LogP contribution in [0.5, 0.6) is 11.5 Å². The number of benzene rings is 2. The maximum absolute atomic E-state index is 13.4. The minimum atomic E-state index is -0.409. The molecule has 0 aliphatic carbocycles. The number of rotatable bonds is 3. The summed E-state index contributed by atoms with van der Waals surface area (Å²) in [6.07, 6.45) is 0.156. The first-order chi connectivity index (χ1) is 9.10. The molecule has 0 saturated heterocycles. The molecule has 0 unspecified atom stereocenters. The molecule has 0 spiro atoms. The van der Waals surface area contributed by atoms with Crippen LogP contribution < -0.4 is 4.74 Å². The number of nitriles is 1. The molecule has 0 radical (unpaired) electrons. The maximum atomic E-state index is 13.4. The van der Waals surface area contributed by atoms with Crippen molar-refractivity contribution in [3.05, 3.63) is 55.8 Å². The Morgan fingerprint density at radius 1 is 1.32 bits per heavy atom. The molecule has 96 valence electrons. The van der Waals surface area contributed by atoms with Gasteiger partial charge < -0.3 is 4.74 Å². The highest BCUT2D eigenvalue weighted by atomic mass is 127. The smallest absolute Gasteiger partial charge is 0.141 e. The molecule has 0 heterocycles. The second kappa shape index (κ2) is 6.35. The zero-order valence-electron chi connectivity index (χ0n) is 9.66. The molecule has 0 aromatic heterocycles. The average Bonchev–Trinajstić information content (AvgIpc) is 2.35. The predicted molar refractivity (Wildman–Crippen MR) is 82.7 cm³/mol. The lowest BCUT2D eigenvalue weighted by molar-refractivity contribution is 0.472. The van der Waals surface area contributed by atoms with Gasteiger partial charge in [-0.2, -0.15) is 5.26 Å². The average molecular weight is 432 g/mol. The van der Waals surface area contributed by atoms with Crippen LogP contribution in [0.15, 0.2) is 40.9 Å². The van der Waals surface area contributed by atoms with E-state index in [1.54, 1.807) is 12.1 Å². The zero-order chi connectivity index (χ0) is 13.8. The molecule has 0 atom stereocenters. The summed E-state index contributed by atoms with van der Waals surface area (Å²) in [4.78, 5) is 0. The van der Waals surface area contributed by atoms with Crippen LogP contribution in [0.1, 0.15) is 5.56 Å². The van der Waals surface area contributed by atoms with Gasteiger partial charge in [-0.25, -0.2) is 4.39 Å². The largest absolute Gasteiger partial charge is 0.456 e. The van der Waals surface area contributed by atoms with E-state index in [0.717, 1.165) is 8.04 Å². The SMILES string of the molecule is N#CCc1cc(F)cc(Oc2cccc(Br)c2I)c1. The molecular weight excluding hydrogens is 424 g/mol. The lowest BCUT2D eigenvalue weighted by Crippen LogP contribution is -1.91. The molecule has 2 rings (SSSR count). The topological polar surface area (TPSA) is 33.0 Å². The third-order valence-electron chi connectivity index (χ3n) is 2.36. The summed E-state index contributed by atoms with van der Waals surface area (Å²) < 4.78 is 20.9. The molecule has 2 nitrogen and oxygen atoms in total. The van der Waals surface area contributed by atoms with Crippen molar-refractivity contribution in [2.75, 3.05) is 0 Å². The number of ether oxygens (including phenoxy) is 1. The summed E-state index contributed by atoms with van der Waals surface area (Å²) >= 11 is 5.56. The molecule has 0 aliphatic heterocycles. The van der Waals surface area contributed by atoms with Crippen LogP contribution in [0.2, 0.25) is 0 Å². The van der Waals surface area contributed by atoms with E-state index in [4.69, 9.17) is 10.00 Å². The fourth-order valence-corrected chi connectivity index (χ4v) is 2.38. The van der Waals surface area contributed by atoms with Gasteiger partial charge in [-0.15, -0.1) is 0 Å². The summed E-state index contributed by atoms with van der Waals surface area (Å²) in [6.45, 7) is 0. The highest BCUT2D eigenvalue weighted by Gasteiger charge is 2.08. The second-order valence-corrected chi connectivity index (χ2v) is 5.72. The van der Waals surface area contributed by atoms with E-state index in [9.17, 15) is 4.39 Å². The van der Waals surface area contributed by atoms with Crippen LogP contribution in [0.4, 0.5) is 4.39 Å². The number of hydrogen-bond donors (Lipinski definition) is 0. The van der Waals surface area contributed by atoms with E-state index in [1.165, 1.54) is 12.1 Å². The molecule has 0 saturated carbocycles. The van der Waals surface area contributed by atoms with Gasteiger partial charge in [-0.1, -0.05) is 6.07 Å². The second-order valence-electron chi connectivity index (χ2n) is 3.78. The Hall–Kier alpha value is -1.13. The Kier molecular flexibility index (Phi) is 4.77. The van der Waals surface area contributed by atoms with E-state index in [1.807, 2.05) is 18.2 Å². The Labute approximate surface area is 132 Å². The van der Waals surface area contributed by atoms with Gasteiger partial charge in [0.1, 0.15) is 17.3 Å². The van der Waals surface area contributed by atoms with E-state index in [0.29, 0.717) is 17.1 Å². The standard InChI is InChI=1S/C14H8BrFINO/c15-12-2-1-3-13(14(12)17)19-11-7-9(4-5-18)6-10(16)8-11/h1-3,6-8H,4H2. The van der Waals surface area contributed by atoms with Crippen LogP contribution in [0.25, 0.3) is 0 Å². The highest BCUT2D eigenvalue weighted by molar-refractivity contribution is 14.1.